The molecule has 2 aromatic carbocycles. The normalized spacial score (nSPS) is 17.1. The third kappa shape index (κ3) is 7.36. The summed E-state index contributed by atoms with van der Waals surface area (Å²) in [6, 6.07) is 10.3. The number of aromatic nitrogens is 1. The van der Waals surface area contributed by atoms with Crippen LogP contribution in [-0.2, 0) is 0 Å². The molecule has 0 saturated heterocycles. The number of aliphatic hydroxyl groups is 1. The number of anilines is 3. The molecule has 0 aliphatic carbocycles. The number of hydrogen-bond acceptors (Lipinski definition) is 8. The predicted octanol–water partition coefficient (Wildman–Crippen LogP) is 4.33. The van der Waals surface area contributed by atoms with Crippen molar-refractivity contribution in [1.29, 1.82) is 0 Å². The lowest BCUT2D eigenvalue weighted by molar-refractivity contribution is 0.0371. The molecule has 0 radical (unpaired) electrons. The Kier molecular flexibility index (Phi) is 9.76. The van der Waals surface area contributed by atoms with Crippen molar-refractivity contribution >= 4 is 35.0 Å². The van der Waals surface area contributed by atoms with Gasteiger partial charge in [-0.1, -0.05) is 12.1 Å². The van der Waals surface area contributed by atoms with Crippen LogP contribution < -0.4 is 25.4 Å². The lowest BCUT2D eigenvalue weighted by Crippen LogP contribution is -2.50. The lowest BCUT2D eigenvalue weighted by Gasteiger charge is -2.38. The fourth-order valence-electron chi connectivity index (χ4n) is 4.70. The van der Waals surface area contributed by atoms with Crippen molar-refractivity contribution in [3.8, 4) is 11.5 Å². The van der Waals surface area contributed by atoms with Crippen LogP contribution in [0.2, 0.25) is 0 Å². The average molecular weight is 595 g/mol. The van der Waals surface area contributed by atoms with Crippen LogP contribution in [0.4, 0.5) is 26.7 Å². The smallest absolute Gasteiger partial charge is 0.323 e. The topological polar surface area (TPSA) is 158 Å². The van der Waals surface area contributed by atoms with Crippen molar-refractivity contribution < 1.29 is 33.5 Å². The summed E-state index contributed by atoms with van der Waals surface area (Å²) in [7, 11) is 3.21. The standard InChI is InChI=1S/C30H38N6O7/c1-17-14-36(18(2)16-37)28(38)24-13-22(32-29(39)31-21-7-10-23(41-6)11-8-21)9-12-25(24)42-26(17)15-35(5)30(40)33-27-19(3)34-43-20(27)4/h7-13,17-18,26,37H,14-16H2,1-6H3,(H,33,40)(H2,31,32,39)/t17-,18+,26-/m1/s1. The zero-order valence-electron chi connectivity index (χ0n) is 25.1. The number of amides is 5. The highest BCUT2D eigenvalue weighted by Crippen LogP contribution is 2.31. The van der Waals surface area contributed by atoms with Crippen molar-refractivity contribution in [1.82, 2.24) is 15.0 Å². The van der Waals surface area contributed by atoms with Crippen LogP contribution in [0.5, 0.6) is 11.5 Å². The molecular weight excluding hydrogens is 556 g/mol. The van der Waals surface area contributed by atoms with E-state index in [9.17, 15) is 19.5 Å². The zero-order chi connectivity index (χ0) is 31.3. The van der Waals surface area contributed by atoms with Gasteiger partial charge in [0.15, 0.2) is 5.76 Å². The molecule has 0 unspecified atom stereocenters. The van der Waals surface area contributed by atoms with Gasteiger partial charge in [0, 0.05) is 30.9 Å². The minimum absolute atomic E-state index is 0.200. The number of methoxy groups -OCH3 is 1. The summed E-state index contributed by atoms with van der Waals surface area (Å²) in [5.74, 6) is 0.919. The van der Waals surface area contributed by atoms with Gasteiger partial charge in [-0.2, -0.15) is 0 Å². The van der Waals surface area contributed by atoms with Crippen LogP contribution in [0.3, 0.4) is 0 Å². The van der Waals surface area contributed by atoms with Crippen LogP contribution in [0.15, 0.2) is 47.0 Å². The fourth-order valence-corrected chi connectivity index (χ4v) is 4.70. The number of rotatable bonds is 8. The number of fused-ring (bicyclic) bond motifs is 1. The third-order valence-electron chi connectivity index (χ3n) is 7.34. The van der Waals surface area contributed by atoms with Gasteiger partial charge in [0.05, 0.1) is 31.9 Å². The molecule has 5 amide bonds. The number of aliphatic hydroxyl groups excluding tert-OH is 1. The Morgan fingerprint density at radius 3 is 2.44 bits per heavy atom. The van der Waals surface area contributed by atoms with E-state index >= 15 is 0 Å². The Hall–Kier alpha value is -4.78. The highest BCUT2D eigenvalue weighted by atomic mass is 16.5. The summed E-state index contributed by atoms with van der Waals surface area (Å²) in [6.45, 7) is 7.39. The molecule has 0 fully saturated rings. The molecule has 13 nitrogen and oxygen atoms in total. The number of ether oxygens (including phenoxy) is 2. The number of aryl methyl sites for hydroxylation is 2. The monoisotopic (exact) mass is 594 g/mol. The molecule has 2 heterocycles. The second-order valence-electron chi connectivity index (χ2n) is 10.7. The number of carbonyl (C=O) groups is 3. The van der Waals surface area contributed by atoms with Gasteiger partial charge in [-0.05, 0) is 63.2 Å². The Labute approximate surface area is 250 Å². The van der Waals surface area contributed by atoms with E-state index in [1.807, 2.05) is 6.92 Å². The summed E-state index contributed by atoms with van der Waals surface area (Å²) in [4.78, 5) is 42.5. The number of benzene rings is 2. The number of nitrogens with zero attached hydrogens (tertiary/aromatic N) is 3. The van der Waals surface area contributed by atoms with Crippen LogP contribution >= 0.6 is 0 Å². The summed E-state index contributed by atoms with van der Waals surface area (Å²) in [5, 5.41) is 22.1. The molecular formula is C30H38N6O7. The molecule has 1 aliphatic rings. The zero-order valence-corrected chi connectivity index (χ0v) is 25.1. The van der Waals surface area contributed by atoms with E-state index in [1.54, 1.807) is 82.3 Å². The minimum Gasteiger partial charge on any atom is -0.497 e. The third-order valence-corrected chi connectivity index (χ3v) is 7.34. The number of carbonyl (C=O) groups excluding carboxylic acids is 3. The molecule has 1 aliphatic heterocycles. The lowest BCUT2D eigenvalue weighted by atomic mass is 9.99. The number of likely N-dealkylation sites (N-methyl/N-ethyl adjacent to an activating group) is 1. The van der Waals surface area contributed by atoms with Crippen molar-refractivity contribution in [2.75, 3.05) is 49.8 Å². The summed E-state index contributed by atoms with van der Waals surface area (Å²) < 4.78 is 16.6. The summed E-state index contributed by atoms with van der Waals surface area (Å²) in [5.41, 5.74) is 2.24. The fraction of sp³-hybridized carbons (Fsp3) is 0.400. The molecule has 230 valence electrons. The summed E-state index contributed by atoms with van der Waals surface area (Å²) in [6.07, 6.45) is -0.502. The van der Waals surface area contributed by atoms with Gasteiger partial charge in [0.1, 0.15) is 29.0 Å². The van der Waals surface area contributed by atoms with E-state index in [0.717, 1.165) is 0 Å². The van der Waals surface area contributed by atoms with Crippen LogP contribution in [0, 0.1) is 19.8 Å². The van der Waals surface area contributed by atoms with Gasteiger partial charge in [-0.25, -0.2) is 9.59 Å². The van der Waals surface area contributed by atoms with E-state index in [0.29, 0.717) is 40.0 Å². The predicted molar refractivity (Wildman–Crippen MR) is 161 cm³/mol. The van der Waals surface area contributed by atoms with Gasteiger partial charge in [0.25, 0.3) is 5.91 Å². The van der Waals surface area contributed by atoms with Crippen molar-refractivity contribution in [2.24, 2.45) is 5.92 Å². The Morgan fingerprint density at radius 1 is 1.14 bits per heavy atom. The van der Waals surface area contributed by atoms with Gasteiger partial charge >= 0.3 is 12.1 Å². The first-order valence-electron chi connectivity index (χ1n) is 13.9. The molecule has 4 N–H and O–H groups in total. The molecule has 0 saturated carbocycles. The van der Waals surface area contributed by atoms with Crippen molar-refractivity contribution in [3.63, 3.8) is 0 Å². The summed E-state index contributed by atoms with van der Waals surface area (Å²) >= 11 is 0. The number of nitrogens with one attached hydrogen (secondary N) is 3. The molecule has 3 aromatic rings. The van der Waals surface area contributed by atoms with Gasteiger partial charge in [-0.3, -0.25) is 4.79 Å². The van der Waals surface area contributed by atoms with Crippen LogP contribution in [-0.4, -0.2) is 84.0 Å². The van der Waals surface area contributed by atoms with Gasteiger partial charge in [-0.15, -0.1) is 0 Å². The van der Waals surface area contributed by atoms with E-state index in [2.05, 4.69) is 21.1 Å². The first-order valence-corrected chi connectivity index (χ1v) is 13.9. The second kappa shape index (κ2) is 13.5. The SMILES string of the molecule is COc1ccc(NC(=O)Nc2ccc3c(c2)C(=O)N([C@@H](C)CO)C[C@@H](C)[C@@H](CN(C)C(=O)Nc2c(C)noc2C)O3)cc1. The van der Waals surface area contributed by atoms with E-state index in [1.165, 1.54) is 4.90 Å². The second-order valence-corrected chi connectivity index (χ2v) is 10.7. The quantitative estimate of drug-likeness (QED) is 0.300. The average Bonchev–Trinajstić information content (AvgIpc) is 3.31. The largest absolute Gasteiger partial charge is 0.497 e. The maximum Gasteiger partial charge on any atom is 0.323 e. The molecule has 43 heavy (non-hydrogen) atoms. The minimum atomic E-state index is -0.502. The maximum absolute atomic E-state index is 13.7. The molecule has 13 heteroatoms. The van der Waals surface area contributed by atoms with Gasteiger partial charge in [0.2, 0.25) is 0 Å². The van der Waals surface area contributed by atoms with Crippen LogP contribution in [0.25, 0.3) is 0 Å². The first-order chi connectivity index (χ1) is 20.5. The van der Waals surface area contributed by atoms with Crippen molar-refractivity contribution in [3.05, 3.63) is 59.5 Å². The first kappa shape index (κ1) is 31.2. The number of urea groups is 2. The van der Waals surface area contributed by atoms with E-state index in [4.69, 9.17) is 14.0 Å². The van der Waals surface area contributed by atoms with E-state index < -0.39 is 18.2 Å². The molecule has 0 bridgehead atoms. The van der Waals surface area contributed by atoms with Gasteiger partial charge < -0.3 is 44.9 Å². The Bertz CT molecular complexity index is 1440. The highest BCUT2D eigenvalue weighted by molar-refractivity contribution is 6.02. The molecule has 3 atom stereocenters. The molecule has 4 rings (SSSR count). The van der Waals surface area contributed by atoms with Crippen molar-refractivity contribution in [2.45, 2.75) is 39.8 Å². The maximum atomic E-state index is 13.7. The molecule has 1 aromatic heterocycles. The Balaban J connectivity index is 1.54. The Morgan fingerprint density at radius 2 is 1.81 bits per heavy atom. The van der Waals surface area contributed by atoms with E-state index in [-0.39, 0.29) is 43.1 Å². The molecule has 0 spiro atoms. The number of hydrogen-bond donors (Lipinski definition) is 4. The van der Waals surface area contributed by atoms with Crippen LogP contribution in [0.1, 0.15) is 35.7 Å². The highest BCUT2D eigenvalue weighted by Gasteiger charge is 2.34.